The Labute approximate surface area is 108 Å². The van der Waals surface area contributed by atoms with E-state index in [4.69, 9.17) is 5.26 Å². The SMILES string of the molecule is CC(=O)N1CCCN(C(=O)C(C#N)C(C)C)CC1. The minimum absolute atomic E-state index is 0.0228. The van der Waals surface area contributed by atoms with Crippen molar-refractivity contribution in [1.82, 2.24) is 9.80 Å². The first kappa shape index (κ1) is 14.5. The summed E-state index contributed by atoms with van der Waals surface area (Å²) in [5.74, 6) is -0.605. The van der Waals surface area contributed by atoms with Crippen LogP contribution in [0.2, 0.25) is 0 Å². The Kier molecular flexibility index (Phi) is 5.14. The molecule has 1 fully saturated rings. The minimum atomic E-state index is -0.575. The molecule has 18 heavy (non-hydrogen) atoms. The van der Waals surface area contributed by atoms with E-state index in [1.165, 1.54) is 0 Å². The Morgan fingerprint density at radius 2 is 1.67 bits per heavy atom. The number of hydrogen-bond acceptors (Lipinski definition) is 3. The van der Waals surface area contributed by atoms with Gasteiger partial charge in [-0.25, -0.2) is 0 Å². The van der Waals surface area contributed by atoms with Crippen LogP contribution in [0.15, 0.2) is 0 Å². The fourth-order valence-corrected chi connectivity index (χ4v) is 2.14. The zero-order valence-corrected chi connectivity index (χ0v) is 11.3. The van der Waals surface area contributed by atoms with Gasteiger partial charge in [0.2, 0.25) is 11.8 Å². The first-order valence-corrected chi connectivity index (χ1v) is 6.41. The van der Waals surface area contributed by atoms with E-state index in [-0.39, 0.29) is 17.7 Å². The predicted molar refractivity (Wildman–Crippen MR) is 67.4 cm³/mol. The highest BCUT2D eigenvalue weighted by Crippen LogP contribution is 2.15. The van der Waals surface area contributed by atoms with Crippen molar-refractivity contribution in [2.75, 3.05) is 26.2 Å². The summed E-state index contributed by atoms with van der Waals surface area (Å²) < 4.78 is 0. The summed E-state index contributed by atoms with van der Waals surface area (Å²) in [6.07, 6.45) is 0.779. The molecule has 2 amide bonds. The Balaban J connectivity index is 2.65. The van der Waals surface area contributed by atoms with Crippen LogP contribution in [0.25, 0.3) is 0 Å². The van der Waals surface area contributed by atoms with Gasteiger partial charge in [0.25, 0.3) is 0 Å². The van der Waals surface area contributed by atoms with E-state index >= 15 is 0 Å². The second kappa shape index (κ2) is 6.39. The number of carbonyl (C=O) groups excluding carboxylic acids is 2. The highest BCUT2D eigenvalue weighted by atomic mass is 16.2. The largest absolute Gasteiger partial charge is 0.341 e. The summed E-state index contributed by atoms with van der Waals surface area (Å²) in [5.41, 5.74) is 0. The number of carbonyl (C=O) groups is 2. The number of nitrogens with zero attached hydrogens (tertiary/aromatic N) is 3. The van der Waals surface area contributed by atoms with Gasteiger partial charge in [-0.3, -0.25) is 9.59 Å². The first-order chi connectivity index (χ1) is 8.47. The fraction of sp³-hybridized carbons (Fsp3) is 0.769. The molecule has 100 valence electrons. The van der Waals surface area contributed by atoms with E-state index in [0.717, 1.165) is 6.42 Å². The lowest BCUT2D eigenvalue weighted by Crippen LogP contribution is -2.40. The van der Waals surface area contributed by atoms with Gasteiger partial charge in [0.05, 0.1) is 6.07 Å². The molecule has 5 heteroatoms. The summed E-state index contributed by atoms with van der Waals surface area (Å²) in [6, 6.07) is 2.08. The first-order valence-electron chi connectivity index (χ1n) is 6.41. The van der Waals surface area contributed by atoms with Crippen LogP contribution in [0.3, 0.4) is 0 Å². The summed E-state index contributed by atoms with van der Waals surface area (Å²) in [6.45, 7) is 7.73. The third kappa shape index (κ3) is 3.46. The highest BCUT2D eigenvalue weighted by Gasteiger charge is 2.28. The lowest BCUT2D eigenvalue weighted by molar-refractivity contribution is -0.135. The van der Waals surface area contributed by atoms with E-state index in [1.807, 2.05) is 13.8 Å². The quantitative estimate of drug-likeness (QED) is 0.731. The average Bonchev–Trinajstić information content (AvgIpc) is 2.54. The van der Waals surface area contributed by atoms with Gasteiger partial charge in [-0.2, -0.15) is 5.26 Å². The number of hydrogen-bond donors (Lipinski definition) is 0. The third-order valence-electron chi connectivity index (χ3n) is 3.32. The fourth-order valence-electron chi connectivity index (χ4n) is 2.14. The maximum absolute atomic E-state index is 12.2. The van der Waals surface area contributed by atoms with Crippen LogP contribution in [0.1, 0.15) is 27.2 Å². The van der Waals surface area contributed by atoms with Crippen molar-refractivity contribution < 1.29 is 9.59 Å². The summed E-state index contributed by atoms with van der Waals surface area (Å²) in [5, 5.41) is 9.05. The molecule has 0 aromatic heterocycles. The minimum Gasteiger partial charge on any atom is -0.341 e. The monoisotopic (exact) mass is 251 g/mol. The van der Waals surface area contributed by atoms with E-state index in [1.54, 1.807) is 16.7 Å². The molecule has 0 N–H and O–H groups in total. The molecular weight excluding hydrogens is 230 g/mol. The molecule has 1 unspecified atom stereocenters. The lowest BCUT2D eigenvalue weighted by Gasteiger charge is -2.24. The van der Waals surface area contributed by atoms with Gasteiger partial charge in [0.1, 0.15) is 5.92 Å². The molecule has 1 atom stereocenters. The maximum Gasteiger partial charge on any atom is 0.240 e. The lowest BCUT2D eigenvalue weighted by atomic mass is 9.96. The van der Waals surface area contributed by atoms with Gasteiger partial charge >= 0.3 is 0 Å². The van der Waals surface area contributed by atoms with Crippen LogP contribution in [-0.2, 0) is 9.59 Å². The molecule has 1 saturated heterocycles. The van der Waals surface area contributed by atoms with Crippen LogP contribution in [-0.4, -0.2) is 47.8 Å². The van der Waals surface area contributed by atoms with Crippen molar-refractivity contribution in [2.24, 2.45) is 11.8 Å². The molecule has 1 aliphatic heterocycles. The Morgan fingerprint density at radius 1 is 1.11 bits per heavy atom. The van der Waals surface area contributed by atoms with Crippen LogP contribution in [0.5, 0.6) is 0 Å². The van der Waals surface area contributed by atoms with Crippen molar-refractivity contribution in [3.8, 4) is 6.07 Å². The molecule has 0 aromatic rings. The summed E-state index contributed by atoms with van der Waals surface area (Å²) in [7, 11) is 0. The Morgan fingerprint density at radius 3 is 2.17 bits per heavy atom. The Hall–Kier alpha value is -1.57. The molecule has 0 spiro atoms. The van der Waals surface area contributed by atoms with Crippen molar-refractivity contribution in [3.63, 3.8) is 0 Å². The van der Waals surface area contributed by atoms with E-state index in [9.17, 15) is 9.59 Å². The number of rotatable bonds is 2. The second-order valence-electron chi connectivity index (χ2n) is 5.04. The van der Waals surface area contributed by atoms with Crippen molar-refractivity contribution in [2.45, 2.75) is 27.2 Å². The maximum atomic E-state index is 12.2. The van der Waals surface area contributed by atoms with Crippen LogP contribution >= 0.6 is 0 Å². The summed E-state index contributed by atoms with van der Waals surface area (Å²) in [4.78, 5) is 27.0. The zero-order valence-electron chi connectivity index (χ0n) is 11.3. The van der Waals surface area contributed by atoms with Gasteiger partial charge in [0, 0.05) is 33.1 Å². The van der Waals surface area contributed by atoms with E-state index in [0.29, 0.717) is 26.2 Å². The van der Waals surface area contributed by atoms with Crippen LogP contribution < -0.4 is 0 Å². The van der Waals surface area contributed by atoms with Crippen LogP contribution in [0, 0.1) is 23.2 Å². The van der Waals surface area contributed by atoms with E-state index < -0.39 is 5.92 Å². The summed E-state index contributed by atoms with van der Waals surface area (Å²) >= 11 is 0. The average molecular weight is 251 g/mol. The van der Waals surface area contributed by atoms with Gasteiger partial charge in [-0.1, -0.05) is 13.8 Å². The second-order valence-corrected chi connectivity index (χ2v) is 5.04. The molecule has 0 aromatic carbocycles. The molecule has 1 rings (SSSR count). The molecule has 0 saturated carbocycles. The smallest absolute Gasteiger partial charge is 0.240 e. The molecule has 1 heterocycles. The van der Waals surface area contributed by atoms with Crippen molar-refractivity contribution in [1.29, 1.82) is 5.26 Å². The third-order valence-corrected chi connectivity index (χ3v) is 3.32. The van der Waals surface area contributed by atoms with Gasteiger partial charge in [0.15, 0.2) is 0 Å². The molecule has 5 nitrogen and oxygen atoms in total. The predicted octanol–water partition coefficient (Wildman–Crippen LogP) is 0.863. The topological polar surface area (TPSA) is 64.4 Å². The normalized spacial score (nSPS) is 18.2. The van der Waals surface area contributed by atoms with Gasteiger partial charge in [-0.05, 0) is 12.3 Å². The molecule has 1 aliphatic rings. The number of nitriles is 1. The Bertz CT molecular complexity index is 360. The molecule has 0 aliphatic carbocycles. The molecular formula is C13H21N3O2. The standard InChI is InChI=1S/C13H21N3O2/c1-10(2)12(9-14)13(18)16-6-4-5-15(7-8-16)11(3)17/h10,12H,4-8H2,1-3H3. The van der Waals surface area contributed by atoms with Crippen LogP contribution in [0.4, 0.5) is 0 Å². The molecule has 0 radical (unpaired) electrons. The van der Waals surface area contributed by atoms with Gasteiger partial charge in [-0.15, -0.1) is 0 Å². The number of amides is 2. The van der Waals surface area contributed by atoms with Crippen molar-refractivity contribution >= 4 is 11.8 Å². The van der Waals surface area contributed by atoms with Gasteiger partial charge < -0.3 is 9.80 Å². The highest BCUT2D eigenvalue weighted by molar-refractivity contribution is 5.81. The van der Waals surface area contributed by atoms with E-state index in [2.05, 4.69) is 6.07 Å². The molecule has 0 bridgehead atoms. The van der Waals surface area contributed by atoms with Crippen molar-refractivity contribution in [3.05, 3.63) is 0 Å². The zero-order chi connectivity index (χ0) is 13.7.